The molecule has 0 radical (unpaired) electrons. The van der Waals surface area contributed by atoms with Crippen molar-refractivity contribution in [1.29, 1.82) is 0 Å². The molecule has 0 amide bonds. The zero-order valence-corrected chi connectivity index (χ0v) is 10.7. The van der Waals surface area contributed by atoms with Crippen molar-refractivity contribution in [2.75, 3.05) is 6.54 Å². The van der Waals surface area contributed by atoms with Gasteiger partial charge in [0.25, 0.3) is 0 Å². The topological polar surface area (TPSA) is 12.0 Å². The van der Waals surface area contributed by atoms with Gasteiger partial charge in [0, 0.05) is 12.1 Å². The zero-order valence-electron chi connectivity index (χ0n) is 10.7. The van der Waals surface area contributed by atoms with Gasteiger partial charge in [-0.3, -0.25) is 0 Å². The predicted molar refractivity (Wildman–Crippen MR) is 69.6 cm³/mol. The van der Waals surface area contributed by atoms with Gasteiger partial charge in [-0.05, 0) is 43.5 Å². The Morgan fingerprint density at radius 2 is 1.56 bits per heavy atom. The molecule has 1 nitrogen and oxygen atoms in total. The number of hydrogen-bond donors (Lipinski definition) is 1. The summed E-state index contributed by atoms with van der Waals surface area (Å²) < 4.78 is 26.0. The number of nitrogens with one attached hydrogen (secondary N) is 1. The van der Waals surface area contributed by atoms with Crippen molar-refractivity contribution in [2.45, 2.75) is 51.0 Å². The highest BCUT2D eigenvalue weighted by molar-refractivity contribution is 5.18. The smallest absolute Gasteiger partial charge is 0.126 e. The molecular weight excluding hydrogens is 232 g/mol. The number of halogens is 2. The minimum Gasteiger partial charge on any atom is -0.314 e. The second kappa shape index (κ2) is 6.83. The lowest BCUT2D eigenvalue weighted by Crippen LogP contribution is -2.30. The molecule has 0 unspecified atom stereocenters. The van der Waals surface area contributed by atoms with Crippen LogP contribution in [0.4, 0.5) is 8.78 Å². The first-order chi connectivity index (χ1) is 8.74. The average Bonchev–Trinajstić information content (AvgIpc) is 2.56. The molecule has 0 aliphatic heterocycles. The van der Waals surface area contributed by atoms with Gasteiger partial charge in [-0.2, -0.15) is 0 Å². The van der Waals surface area contributed by atoms with Crippen LogP contribution < -0.4 is 5.32 Å². The summed E-state index contributed by atoms with van der Waals surface area (Å²) in [4.78, 5) is 0. The van der Waals surface area contributed by atoms with Crippen molar-refractivity contribution in [2.24, 2.45) is 0 Å². The van der Waals surface area contributed by atoms with Gasteiger partial charge in [0.15, 0.2) is 0 Å². The van der Waals surface area contributed by atoms with E-state index in [1.54, 1.807) is 0 Å². The van der Waals surface area contributed by atoms with Gasteiger partial charge >= 0.3 is 0 Å². The van der Waals surface area contributed by atoms with Crippen LogP contribution in [0.5, 0.6) is 0 Å². The minimum absolute atomic E-state index is 0.487. The quantitative estimate of drug-likeness (QED) is 0.804. The van der Waals surface area contributed by atoms with E-state index in [1.165, 1.54) is 50.7 Å². The third-order valence-corrected chi connectivity index (χ3v) is 3.62. The molecule has 0 saturated heterocycles. The standard InChI is InChI=1S/C15H21F2N/c16-13-9-12(10-14(17)11-13)7-8-18-15-5-3-1-2-4-6-15/h9-11,15,18H,1-8H2. The molecule has 1 aromatic rings. The first kappa shape index (κ1) is 13.5. The zero-order chi connectivity index (χ0) is 12.8. The lowest BCUT2D eigenvalue weighted by atomic mass is 10.1. The highest BCUT2D eigenvalue weighted by Gasteiger charge is 2.11. The van der Waals surface area contributed by atoms with Crippen molar-refractivity contribution < 1.29 is 8.78 Å². The summed E-state index contributed by atoms with van der Waals surface area (Å²) in [6.45, 7) is 0.799. The lowest BCUT2D eigenvalue weighted by Gasteiger charge is -2.16. The molecule has 0 atom stereocenters. The van der Waals surface area contributed by atoms with Crippen molar-refractivity contribution in [1.82, 2.24) is 5.32 Å². The summed E-state index contributed by atoms with van der Waals surface area (Å²) in [5.74, 6) is -0.973. The third-order valence-electron chi connectivity index (χ3n) is 3.62. The number of hydrogen-bond acceptors (Lipinski definition) is 1. The normalized spacial score (nSPS) is 17.7. The Balaban J connectivity index is 1.77. The highest BCUT2D eigenvalue weighted by atomic mass is 19.1. The van der Waals surface area contributed by atoms with Crippen molar-refractivity contribution >= 4 is 0 Å². The molecular formula is C15H21F2N. The van der Waals surface area contributed by atoms with E-state index in [1.807, 2.05) is 0 Å². The van der Waals surface area contributed by atoms with Crippen molar-refractivity contribution in [3.8, 4) is 0 Å². The van der Waals surface area contributed by atoms with E-state index in [0.717, 1.165) is 18.2 Å². The van der Waals surface area contributed by atoms with Gasteiger partial charge < -0.3 is 5.32 Å². The van der Waals surface area contributed by atoms with E-state index in [4.69, 9.17) is 0 Å². The van der Waals surface area contributed by atoms with E-state index < -0.39 is 11.6 Å². The molecule has 1 N–H and O–H groups in total. The van der Waals surface area contributed by atoms with E-state index in [2.05, 4.69) is 5.32 Å². The Kier molecular flexibility index (Phi) is 5.12. The number of benzene rings is 1. The van der Waals surface area contributed by atoms with Crippen LogP contribution >= 0.6 is 0 Å². The maximum absolute atomic E-state index is 13.0. The Bertz CT molecular complexity index is 351. The third kappa shape index (κ3) is 4.37. The van der Waals surface area contributed by atoms with E-state index in [-0.39, 0.29) is 0 Å². The molecule has 1 saturated carbocycles. The van der Waals surface area contributed by atoms with Crippen molar-refractivity contribution in [3.63, 3.8) is 0 Å². The second-order valence-electron chi connectivity index (χ2n) is 5.17. The van der Waals surface area contributed by atoms with E-state index >= 15 is 0 Å². The van der Waals surface area contributed by atoms with Gasteiger partial charge in [0.05, 0.1) is 0 Å². The lowest BCUT2D eigenvalue weighted by molar-refractivity contribution is 0.462. The van der Waals surface area contributed by atoms with Gasteiger partial charge in [0.2, 0.25) is 0 Å². The van der Waals surface area contributed by atoms with Gasteiger partial charge in [-0.25, -0.2) is 8.78 Å². The summed E-state index contributed by atoms with van der Waals surface area (Å²) in [7, 11) is 0. The summed E-state index contributed by atoms with van der Waals surface area (Å²) in [6.07, 6.45) is 8.43. The molecule has 2 rings (SSSR count). The molecule has 0 heterocycles. The van der Waals surface area contributed by atoms with Gasteiger partial charge in [-0.1, -0.05) is 25.7 Å². The first-order valence-corrected chi connectivity index (χ1v) is 6.92. The van der Waals surface area contributed by atoms with Crippen LogP contribution in [0.3, 0.4) is 0 Å². The second-order valence-corrected chi connectivity index (χ2v) is 5.17. The maximum Gasteiger partial charge on any atom is 0.126 e. The van der Waals surface area contributed by atoms with Crippen LogP contribution in [-0.2, 0) is 6.42 Å². The molecule has 0 aromatic heterocycles. The van der Waals surface area contributed by atoms with Gasteiger partial charge in [0.1, 0.15) is 11.6 Å². The average molecular weight is 253 g/mol. The summed E-state index contributed by atoms with van der Waals surface area (Å²) in [5.41, 5.74) is 0.730. The molecule has 0 spiro atoms. The molecule has 100 valence electrons. The fourth-order valence-electron chi connectivity index (χ4n) is 2.66. The monoisotopic (exact) mass is 253 g/mol. The number of rotatable bonds is 4. The van der Waals surface area contributed by atoms with E-state index in [9.17, 15) is 8.78 Å². The fourth-order valence-corrected chi connectivity index (χ4v) is 2.66. The maximum atomic E-state index is 13.0. The Morgan fingerprint density at radius 3 is 2.17 bits per heavy atom. The molecule has 3 heteroatoms. The predicted octanol–water partition coefficient (Wildman–Crippen LogP) is 3.82. The van der Waals surface area contributed by atoms with Crippen LogP contribution in [0.1, 0.15) is 44.1 Å². The van der Waals surface area contributed by atoms with Crippen LogP contribution in [-0.4, -0.2) is 12.6 Å². The fraction of sp³-hybridized carbons (Fsp3) is 0.600. The summed E-state index contributed by atoms with van der Waals surface area (Å²) >= 11 is 0. The minimum atomic E-state index is -0.487. The van der Waals surface area contributed by atoms with Crippen LogP contribution in [0, 0.1) is 11.6 Å². The Labute approximate surface area is 108 Å². The first-order valence-electron chi connectivity index (χ1n) is 6.92. The molecule has 1 fully saturated rings. The molecule has 1 aliphatic carbocycles. The van der Waals surface area contributed by atoms with Crippen LogP contribution in [0.2, 0.25) is 0 Å². The largest absolute Gasteiger partial charge is 0.314 e. The molecule has 0 bridgehead atoms. The van der Waals surface area contributed by atoms with Gasteiger partial charge in [-0.15, -0.1) is 0 Å². The Morgan fingerprint density at radius 1 is 0.944 bits per heavy atom. The Hall–Kier alpha value is -0.960. The van der Waals surface area contributed by atoms with Crippen LogP contribution in [0.25, 0.3) is 0 Å². The van der Waals surface area contributed by atoms with E-state index in [0.29, 0.717) is 12.5 Å². The summed E-state index contributed by atoms with van der Waals surface area (Å²) in [6, 6.07) is 4.34. The van der Waals surface area contributed by atoms with Crippen LogP contribution in [0.15, 0.2) is 18.2 Å². The SMILES string of the molecule is Fc1cc(F)cc(CCNC2CCCCCC2)c1. The summed E-state index contributed by atoms with van der Waals surface area (Å²) in [5, 5.41) is 3.50. The highest BCUT2D eigenvalue weighted by Crippen LogP contribution is 2.17. The molecule has 18 heavy (non-hydrogen) atoms. The molecule has 1 aliphatic rings. The molecule has 1 aromatic carbocycles. The van der Waals surface area contributed by atoms with Crippen molar-refractivity contribution in [3.05, 3.63) is 35.4 Å².